The normalized spacial score (nSPS) is 14.6. The third-order valence-electron chi connectivity index (χ3n) is 5.23. The molecule has 0 saturated carbocycles. The highest BCUT2D eigenvalue weighted by molar-refractivity contribution is 5.86. The van der Waals surface area contributed by atoms with Crippen LogP contribution in [0.15, 0.2) is 30.3 Å². The van der Waals surface area contributed by atoms with Crippen LogP contribution in [0.4, 0.5) is 14.4 Å². The third-order valence-corrected chi connectivity index (χ3v) is 5.23. The Labute approximate surface area is 210 Å². The van der Waals surface area contributed by atoms with Gasteiger partial charge in [0.05, 0.1) is 0 Å². The molecule has 4 amide bonds. The molecule has 1 aliphatic heterocycles. The Hall–Kier alpha value is -4.56. The smallest absolute Gasteiger partial charge is 0.410 e. The minimum absolute atomic E-state index is 0.103. The molecule has 202 valence electrons. The molecular formula is C22H28N4O11. The molecule has 1 heterocycles. The zero-order valence-corrected chi connectivity index (χ0v) is 19.7. The zero-order valence-electron chi connectivity index (χ0n) is 19.7. The lowest BCUT2D eigenvalue weighted by molar-refractivity contribution is -0.141. The van der Waals surface area contributed by atoms with Crippen LogP contribution in [0.2, 0.25) is 0 Å². The second-order valence-electron chi connectivity index (χ2n) is 7.92. The molecule has 1 saturated heterocycles. The fourth-order valence-electron chi connectivity index (χ4n) is 3.19. The summed E-state index contributed by atoms with van der Waals surface area (Å²) in [6.07, 6.45) is -2.36. The van der Waals surface area contributed by atoms with Gasteiger partial charge in [-0.3, -0.25) is 4.79 Å². The molecule has 1 unspecified atom stereocenters. The first kappa shape index (κ1) is 28.7. The number of carboxylic acids is 3. The van der Waals surface area contributed by atoms with Crippen molar-refractivity contribution < 1.29 is 53.6 Å². The summed E-state index contributed by atoms with van der Waals surface area (Å²) in [7, 11) is 0. The number of hydrogen-bond donors (Lipinski definition) is 5. The van der Waals surface area contributed by atoms with Crippen molar-refractivity contribution in [2.75, 3.05) is 32.8 Å². The number of nitrogens with one attached hydrogen (secondary N) is 2. The van der Waals surface area contributed by atoms with Crippen molar-refractivity contribution in [1.29, 1.82) is 0 Å². The Balaban J connectivity index is 1.76. The monoisotopic (exact) mass is 524 g/mol. The average molecular weight is 524 g/mol. The van der Waals surface area contributed by atoms with Gasteiger partial charge in [-0.05, 0) is 12.0 Å². The summed E-state index contributed by atoms with van der Waals surface area (Å²) in [6, 6.07) is 4.65. The topological polar surface area (TPSA) is 212 Å². The Kier molecular flexibility index (Phi) is 10.9. The number of aliphatic carboxylic acids is 3. The van der Waals surface area contributed by atoms with Crippen molar-refractivity contribution >= 4 is 36.1 Å². The van der Waals surface area contributed by atoms with E-state index in [0.29, 0.717) is 0 Å². The van der Waals surface area contributed by atoms with Crippen LogP contribution < -0.4 is 10.6 Å². The van der Waals surface area contributed by atoms with Gasteiger partial charge in [0.2, 0.25) is 0 Å². The molecule has 0 spiro atoms. The summed E-state index contributed by atoms with van der Waals surface area (Å²) >= 11 is 0. The maximum Gasteiger partial charge on any atom is 0.410 e. The Morgan fingerprint density at radius 3 is 1.81 bits per heavy atom. The highest BCUT2D eigenvalue weighted by atomic mass is 16.6. The second-order valence-corrected chi connectivity index (χ2v) is 7.92. The van der Waals surface area contributed by atoms with Gasteiger partial charge >= 0.3 is 36.1 Å². The lowest BCUT2D eigenvalue weighted by Gasteiger charge is -2.33. The number of carboxylic acid groups (broad SMARTS) is 3. The Bertz CT molecular complexity index is 980. The third kappa shape index (κ3) is 9.91. The molecule has 1 aromatic carbocycles. The van der Waals surface area contributed by atoms with E-state index in [2.05, 4.69) is 0 Å². The molecule has 37 heavy (non-hydrogen) atoms. The molecule has 2 rings (SSSR count). The maximum atomic E-state index is 12.3. The summed E-state index contributed by atoms with van der Waals surface area (Å²) in [5, 5.41) is 31.0. The van der Waals surface area contributed by atoms with Gasteiger partial charge in [0.1, 0.15) is 19.3 Å². The average Bonchev–Trinajstić information content (AvgIpc) is 2.87. The Morgan fingerprint density at radius 1 is 0.784 bits per heavy atom. The maximum absolute atomic E-state index is 12.3. The van der Waals surface area contributed by atoms with Crippen LogP contribution in [0.5, 0.6) is 0 Å². The second kappa shape index (κ2) is 14.1. The Morgan fingerprint density at radius 2 is 1.30 bits per heavy atom. The first-order valence-electron chi connectivity index (χ1n) is 11.2. The lowest BCUT2D eigenvalue weighted by Crippen LogP contribution is -2.54. The van der Waals surface area contributed by atoms with Crippen molar-refractivity contribution in [2.45, 2.75) is 31.5 Å². The van der Waals surface area contributed by atoms with Gasteiger partial charge in [0.15, 0.2) is 6.04 Å². The van der Waals surface area contributed by atoms with Crippen LogP contribution in [-0.4, -0.2) is 106 Å². The van der Waals surface area contributed by atoms with Crippen molar-refractivity contribution in [2.24, 2.45) is 0 Å². The van der Waals surface area contributed by atoms with Crippen LogP contribution in [0, 0.1) is 0 Å². The molecule has 0 aliphatic carbocycles. The molecule has 1 fully saturated rings. The number of urea groups is 1. The summed E-state index contributed by atoms with van der Waals surface area (Å²) in [5.74, 6) is -4.32. The minimum atomic E-state index is -1.70. The summed E-state index contributed by atoms with van der Waals surface area (Å²) < 4.78 is 10.2. The molecule has 15 heteroatoms. The predicted molar refractivity (Wildman–Crippen MR) is 123 cm³/mol. The lowest BCUT2D eigenvalue weighted by atomic mass is 10.1. The number of amides is 4. The van der Waals surface area contributed by atoms with Crippen LogP contribution in [0.3, 0.4) is 0 Å². The fourth-order valence-corrected chi connectivity index (χ4v) is 3.19. The van der Waals surface area contributed by atoms with E-state index in [0.717, 1.165) is 5.56 Å². The number of rotatable bonds is 11. The molecule has 5 N–H and O–H groups in total. The van der Waals surface area contributed by atoms with Gasteiger partial charge < -0.3 is 45.2 Å². The molecule has 1 aliphatic rings. The molecule has 0 bridgehead atoms. The van der Waals surface area contributed by atoms with Gasteiger partial charge in [-0.25, -0.2) is 24.0 Å². The standard InChI is InChI=1S/C22H28N4O11/c27-17(28)7-6-15(18(29)30)23-20(33)24-16(19(31)32)13-37-22(35)26-10-8-25(9-11-26)21(34)36-12-14-4-2-1-3-5-14/h1-5,15-16H,6-13H2,(H,27,28)(H,29,30)(H,31,32)(H2,23,24,33)/t15-,16?/m0/s1. The van der Waals surface area contributed by atoms with Crippen molar-refractivity contribution in [3.05, 3.63) is 35.9 Å². The number of ether oxygens (including phenoxy) is 2. The number of nitrogens with zero attached hydrogens (tertiary/aromatic N) is 2. The number of hydrogen-bond acceptors (Lipinski definition) is 8. The van der Waals surface area contributed by atoms with Gasteiger partial charge in [-0.2, -0.15) is 0 Å². The van der Waals surface area contributed by atoms with Crippen LogP contribution in [-0.2, 0) is 30.5 Å². The zero-order chi connectivity index (χ0) is 27.4. The molecular weight excluding hydrogens is 496 g/mol. The van der Waals surface area contributed by atoms with Gasteiger partial charge in [0.25, 0.3) is 0 Å². The molecule has 2 atom stereocenters. The van der Waals surface area contributed by atoms with Gasteiger partial charge in [0, 0.05) is 32.6 Å². The van der Waals surface area contributed by atoms with E-state index in [4.69, 9.17) is 19.7 Å². The van der Waals surface area contributed by atoms with Gasteiger partial charge in [-0.1, -0.05) is 30.3 Å². The van der Waals surface area contributed by atoms with Crippen LogP contribution >= 0.6 is 0 Å². The first-order chi connectivity index (χ1) is 17.6. The largest absolute Gasteiger partial charge is 0.481 e. The first-order valence-corrected chi connectivity index (χ1v) is 11.2. The van der Waals surface area contributed by atoms with E-state index in [9.17, 15) is 33.9 Å². The fraction of sp³-hybridized carbons (Fsp3) is 0.455. The van der Waals surface area contributed by atoms with E-state index < -0.39 is 67.7 Å². The van der Waals surface area contributed by atoms with Crippen molar-refractivity contribution in [1.82, 2.24) is 20.4 Å². The summed E-state index contributed by atoms with van der Waals surface area (Å²) in [5.41, 5.74) is 0.826. The summed E-state index contributed by atoms with van der Waals surface area (Å²) in [6.45, 7) is -0.111. The number of carbonyl (C=O) groups is 6. The predicted octanol–water partition coefficient (Wildman–Crippen LogP) is 0.148. The minimum Gasteiger partial charge on any atom is -0.481 e. The summed E-state index contributed by atoms with van der Waals surface area (Å²) in [4.78, 5) is 72.5. The van der Waals surface area contributed by atoms with Gasteiger partial charge in [-0.15, -0.1) is 0 Å². The van der Waals surface area contributed by atoms with Crippen LogP contribution in [0.1, 0.15) is 18.4 Å². The van der Waals surface area contributed by atoms with Crippen molar-refractivity contribution in [3.8, 4) is 0 Å². The highest BCUT2D eigenvalue weighted by Gasteiger charge is 2.29. The molecule has 15 nitrogen and oxygen atoms in total. The van der Waals surface area contributed by atoms with E-state index in [1.807, 2.05) is 41.0 Å². The van der Waals surface area contributed by atoms with Crippen molar-refractivity contribution in [3.63, 3.8) is 0 Å². The number of carbonyl (C=O) groups excluding carboxylic acids is 3. The SMILES string of the molecule is O=C(O)CC[C@H](NC(=O)NC(COC(=O)N1CCN(C(=O)OCc2ccccc2)CC1)C(=O)O)C(=O)O. The highest BCUT2D eigenvalue weighted by Crippen LogP contribution is 2.08. The van der Waals surface area contributed by atoms with E-state index in [1.165, 1.54) is 9.80 Å². The van der Waals surface area contributed by atoms with E-state index in [1.54, 1.807) is 0 Å². The van der Waals surface area contributed by atoms with E-state index in [-0.39, 0.29) is 32.8 Å². The van der Waals surface area contributed by atoms with E-state index >= 15 is 0 Å². The van der Waals surface area contributed by atoms with Crippen LogP contribution in [0.25, 0.3) is 0 Å². The molecule has 0 radical (unpaired) electrons. The molecule has 1 aromatic rings. The number of benzene rings is 1. The molecule has 0 aromatic heterocycles. The number of piperazine rings is 1. The quantitative estimate of drug-likeness (QED) is 0.263.